The van der Waals surface area contributed by atoms with Crippen LogP contribution in [0.5, 0.6) is 0 Å². The van der Waals surface area contributed by atoms with Gasteiger partial charge in [0.05, 0.1) is 0 Å². The monoisotopic (exact) mass is 245 g/mol. The van der Waals surface area contributed by atoms with Gasteiger partial charge in [-0.2, -0.15) is 0 Å². The molecule has 1 aromatic rings. The Hall–Kier alpha value is -0.820. The van der Waals surface area contributed by atoms with Crippen LogP contribution < -0.4 is 5.73 Å². The van der Waals surface area contributed by atoms with Crippen LogP contribution in [0.1, 0.15) is 56.6 Å². The molecule has 0 unspecified atom stereocenters. The van der Waals surface area contributed by atoms with Crippen molar-refractivity contribution in [3.63, 3.8) is 0 Å². The van der Waals surface area contributed by atoms with E-state index in [-0.39, 0.29) is 5.54 Å². The first-order chi connectivity index (χ1) is 8.61. The second-order valence-corrected chi connectivity index (χ2v) is 6.26. The van der Waals surface area contributed by atoms with Gasteiger partial charge >= 0.3 is 0 Å². The number of nitrogens with two attached hydrogens (primary N) is 1. The van der Waals surface area contributed by atoms with Crippen LogP contribution in [0.3, 0.4) is 0 Å². The van der Waals surface area contributed by atoms with Gasteiger partial charge in [-0.15, -0.1) is 0 Å². The van der Waals surface area contributed by atoms with E-state index in [0.29, 0.717) is 0 Å². The van der Waals surface area contributed by atoms with Crippen molar-refractivity contribution >= 4 is 0 Å². The average Bonchev–Trinajstić information content (AvgIpc) is 2.36. The molecule has 0 heterocycles. The molecule has 0 saturated heterocycles. The predicted molar refractivity (Wildman–Crippen MR) is 78.7 cm³/mol. The summed E-state index contributed by atoms with van der Waals surface area (Å²) >= 11 is 0. The Labute approximate surface area is 112 Å². The van der Waals surface area contributed by atoms with E-state index in [0.717, 1.165) is 12.3 Å². The Kier molecular flexibility index (Phi) is 4.45. The Balaban J connectivity index is 1.91. The lowest BCUT2D eigenvalue weighted by atomic mass is 9.73. The standard InChI is InChI=1S/C17H27N/c1-3-4-15-9-11-17(18,12-10-15)13-16-7-5-14(2)6-8-16/h5-8,15H,3-4,9-13,18H2,1-2H3. The minimum absolute atomic E-state index is 0.0551. The second-order valence-electron chi connectivity index (χ2n) is 6.26. The van der Waals surface area contributed by atoms with Crippen LogP contribution in [-0.4, -0.2) is 5.54 Å². The summed E-state index contributed by atoms with van der Waals surface area (Å²) in [7, 11) is 0. The highest BCUT2D eigenvalue weighted by Gasteiger charge is 2.31. The van der Waals surface area contributed by atoms with Gasteiger partial charge in [0.25, 0.3) is 0 Å². The summed E-state index contributed by atoms with van der Waals surface area (Å²) in [6.07, 6.45) is 8.82. The Morgan fingerprint density at radius 1 is 1.17 bits per heavy atom. The second kappa shape index (κ2) is 5.88. The van der Waals surface area contributed by atoms with Crippen molar-refractivity contribution < 1.29 is 0 Å². The van der Waals surface area contributed by atoms with E-state index in [1.165, 1.54) is 49.7 Å². The van der Waals surface area contributed by atoms with Gasteiger partial charge in [-0.1, -0.05) is 49.6 Å². The third-order valence-corrected chi connectivity index (χ3v) is 4.47. The van der Waals surface area contributed by atoms with Crippen LogP contribution in [0.2, 0.25) is 0 Å². The molecule has 1 heteroatoms. The van der Waals surface area contributed by atoms with Gasteiger partial charge in [-0.05, 0) is 50.5 Å². The largest absolute Gasteiger partial charge is 0.325 e. The van der Waals surface area contributed by atoms with Gasteiger partial charge in [-0.25, -0.2) is 0 Å². The molecular formula is C17H27N. The highest BCUT2D eigenvalue weighted by atomic mass is 14.7. The fraction of sp³-hybridized carbons (Fsp3) is 0.647. The molecule has 1 nitrogen and oxygen atoms in total. The van der Waals surface area contributed by atoms with Crippen LogP contribution in [0.25, 0.3) is 0 Å². The van der Waals surface area contributed by atoms with E-state index in [1.807, 2.05) is 0 Å². The van der Waals surface area contributed by atoms with Crippen molar-refractivity contribution in [1.82, 2.24) is 0 Å². The lowest BCUT2D eigenvalue weighted by Crippen LogP contribution is -2.45. The number of rotatable bonds is 4. The maximum atomic E-state index is 6.59. The normalized spacial score (nSPS) is 28.3. The van der Waals surface area contributed by atoms with Crippen molar-refractivity contribution in [3.8, 4) is 0 Å². The highest BCUT2D eigenvalue weighted by Crippen LogP contribution is 2.34. The minimum atomic E-state index is 0.0551. The fourth-order valence-electron chi connectivity index (χ4n) is 3.24. The molecule has 0 spiro atoms. The van der Waals surface area contributed by atoms with Crippen molar-refractivity contribution in [2.24, 2.45) is 11.7 Å². The maximum Gasteiger partial charge on any atom is 0.0195 e. The SMILES string of the molecule is CCCC1CCC(N)(Cc2ccc(C)cc2)CC1. The molecule has 2 rings (SSSR count). The molecule has 1 fully saturated rings. The van der Waals surface area contributed by atoms with Crippen molar-refractivity contribution in [3.05, 3.63) is 35.4 Å². The molecule has 0 bridgehead atoms. The molecule has 1 saturated carbocycles. The van der Waals surface area contributed by atoms with Crippen molar-refractivity contribution in [2.45, 2.75) is 64.3 Å². The topological polar surface area (TPSA) is 26.0 Å². The molecular weight excluding hydrogens is 218 g/mol. The Morgan fingerprint density at radius 2 is 1.78 bits per heavy atom. The lowest BCUT2D eigenvalue weighted by molar-refractivity contribution is 0.223. The smallest absolute Gasteiger partial charge is 0.0195 e. The van der Waals surface area contributed by atoms with Gasteiger partial charge in [0.2, 0.25) is 0 Å². The third-order valence-electron chi connectivity index (χ3n) is 4.47. The molecule has 0 amide bonds. The zero-order valence-corrected chi connectivity index (χ0v) is 11.9. The highest BCUT2D eigenvalue weighted by molar-refractivity contribution is 5.23. The Morgan fingerprint density at radius 3 is 2.33 bits per heavy atom. The summed E-state index contributed by atoms with van der Waals surface area (Å²) in [5.41, 5.74) is 9.37. The summed E-state index contributed by atoms with van der Waals surface area (Å²) < 4.78 is 0. The molecule has 0 aliphatic heterocycles. The summed E-state index contributed by atoms with van der Waals surface area (Å²) in [6.45, 7) is 4.43. The molecule has 0 radical (unpaired) electrons. The quantitative estimate of drug-likeness (QED) is 0.844. The molecule has 1 aromatic carbocycles. The van der Waals surface area contributed by atoms with Crippen LogP contribution in [-0.2, 0) is 6.42 Å². The molecule has 18 heavy (non-hydrogen) atoms. The fourth-order valence-corrected chi connectivity index (χ4v) is 3.24. The van der Waals surface area contributed by atoms with E-state index in [4.69, 9.17) is 5.73 Å². The van der Waals surface area contributed by atoms with E-state index in [1.54, 1.807) is 0 Å². The molecule has 1 aliphatic rings. The van der Waals surface area contributed by atoms with Crippen LogP contribution in [0, 0.1) is 12.8 Å². The van der Waals surface area contributed by atoms with Gasteiger partial charge < -0.3 is 5.73 Å². The van der Waals surface area contributed by atoms with Gasteiger partial charge in [0, 0.05) is 5.54 Å². The zero-order chi connectivity index (χ0) is 13.0. The predicted octanol–water partition coefficient (Wildman–Crippen LogP) is 4.23. The third kappa shape index (κ3) is 3.58. The first-order valence-electron chi connectivity index (χ1n) is 7.46. The first-order valence-corrected chi connectivity index (χ1v) is 7.46. The van der Waals surface area contributed by atoms with Crippen LogP contribution in [0.4, 0.5) is 0 Å². The molecule has 2 N–H and O–H groups in total. The van der Waals surface area contributed by atoms with E-state index >= 15 is 0 Å². The van der Waals surface area contributed by atoms with Gasteiger partial charge in [0.1, 0.15) is 0 Å². The summed E-state index contributed by atoms with van der Waals surface area (Å²) in [4.78, 5) is 0. The maximum absolute atomic E-state index is 6.59. The average molecular weight is 245 g/mol. The number of hydrogen-bond acceptors (Lipinski definition) is 1. The zero-order valence-electron chi connectivity index (χ0n) is 11.9. The Bertz CT molecular complexity index is 358. The lowest BCUT2D eigenvalue weighted by Gasteiger charge is -2.37. The van der Waals surface area contributed by atoms with E-state index < -0.39 is 0 Å². The van der Waals surface area contributed by atoms with Crippen molar-refractivity contribution in [1.29, 1.82) is 0 Å². The summed E-state index contributed by atoms with van der Waals surface area (Å²) in [5.74, 6) is 0.935. The summed E-state index contributed by atoms with van der Waals surface area (Å²) in [5, 5.41) is 0. The molecule has 0 atom stereocenters. The number of hydrogen-bond donors (Lipinski definition) is 1. The van der Waals surface area contributed by atoms with Crippen molar-refractivity contribution in [2.75, 3.05) is 0 Å². The van der Waals surface area contributed by atoms with Gasteiger partial charge in [-0.3, -0.25) is 0 Å². The van der Waals surface area contributed by atoms with E-state index in [9.17, 15) is 0 Å². The van der Waals surface area contributed by atoms with Gasteiger partial charge in [0.15, 0.2) is 0 Å². The minimum Gasteiger partial charge on any atom is -0.325 e. The van der Waals surface area contributed by atoms with E-state index in [2.05, 4.69) is 38.1 Å². The molecule has 1 aliphatic carbocycles. The van der Waals surface area contributed by atoms with Crippen LogP contribution >= 0.6 is 0 Å². The van der Waals surface area contributed by atoms with Crippen LogP contribution in [0.15, 0.2) is 24.3 Å². The first kappa shape index (κ1) is 13.6. The molecule has 0 aromatic heterocycles. The number of benzene rings is 1. The number of aryl methyl sites for hydroxylation is 1. The summed E-state index contributed by atoms with van der Waals surface area (Å²) in [6, 6.07) is 8.87. The molecule has 100 valence electrons.